The van der Waals surface area contributed by atoms with Gasteiger partial charge in [-0.2, -0.15) is 8.42 Å². The fourth-order valence-electron chi connectivity index (χ4n) is 1.55. The Morgan fingerprint density at radius 2 is 1.96 bits per heavy atom. The molecule has 0 bridgehead atoms. The van der Waals surface area contributed by atoms with E-state index in [1.807, 2.05) is 0 Å². The van der Waals surface area contributed by atoms with Gasteiger partial charge in [0.2, 0.25) is 0 Å². The molecule has 0 saturated heterocycles. The van der Waals surface area contributed by atoms with Crippen molar-refractivity contribution in [2.45, 2.75) is 24.3 Å². The van der Waals surface area contributed by atoms with E-state index < -0.39 is 39.4 Å². The summed E-state index contributed by atoms with van der Waals surface area (Å²) < 4.78 is 31.0. The van der Waals surface area contributed by atoms with Gasteiger partial charge >= 0.3 is 35.5 Å². The number of anilines is 1. The first-order valence-corrected chi connectivity index (χ1v) is 7.56. The molecule has 0 heterocycles. The maximum atomic E-state index is 11.0. The molecule has 12 heteroatoms. The van der Waals surface area contributed by atoms with Gasteiger partial charge in [0.25, 0.3) is 10.1 Å². The smallest absolute Gasteiger partial charge is 0.550 e. The molecule has 1 atom stereocenters. The number of halogens is 1. The Kier molecular flexibility index (Phi) is 8.49. The van der Waals surface area contributed by atoms with Crippen LogP contribution in [0.2, 0.25) is 5.02 Å². The first kappa shape index (κ1) is 22.1. The normalized spacial score (nSPS) is 12.1. The summed E-state index contributed by atoms with van der Waals surface area (Å²) >= 11 is 5.86. The molecule has 0 spiro atoms. The third kappa shape index (κ3) is 6.63. The molecule has 9 nitrogen and oxygen atoms in total. The molecule has 122 valence electrons. The van der Waals surface area contributed by atoms with Crippen molar-refractivity contribution in [3.05, 3.63) is 22.7 Å². The zero-order chi connectivity index (χ0) is 17.1. The summed E-state index contributed by atoms with van der Waals surface area (Å²) in [7, 11) is -4.44. The molecule has 23 heavy (non-hydrogen) atoms. The first-order valence-electron chi connectivity index (χ1n) is 5.74. The number of rotatable bonds is 7. The average molecular weight is 375 g/mol. The monoisotopic (exact) mass is 374 g/mol. The van der Waals surface area contributed by atoms with Crippen molar-refractivity contribution in [1.82, 2.24) is 5.43 Å². The number of carbonyl (C=O) groups is 2. The van der Waals surface area contributed by atoms with Crippen LogP contribution in [0, 0.1) is 6.92 Å². The second kappa shape index (κ2) is 8.83. The van der Waals surface area contributed by atoms with Crippen LogP contribution >= 0.6 is 11.6 Å². The standard InChI is InChI=1S/C11H13ClN2O7S.Na/c1-5-2-6(22(19,20)21)3-7(12)10(5)14-13-8(11(17)18)4-9(15)16;/h2-3,8,13-14H,4H2,1H3,(H,15,16)(H,17,18)(H,19,20,21);/q;+1/p-1. The van der Waals surface area contributed by atoms with E-state index in [1.54, 1.807) is 0 Å². The number of nitrogens with one attached hydrogen (secondary N) is 2. The van der Waals surface area contributed by atoms with E-state index >= 15 is 0 Å². The fourth-order valence-corrected chi connectivity index (χ4v) is 2.52. The zero-order valence-electron chi connectivity index (χ0n) is 12.2. The number of benzene rings is 1. The minimum absolute atomic E-state index is 0. The molecule has 0 fully saturated rings. The molecule has 0 saturated carbocycles. The largest absolute Gasteiger partial charge is 1.00 e. The Balaban J connectivity index is 0.00000484. The van der Waals surface area contributed by atoms with Gasteiger partial charge in [-0.3, -0.25) is 9.35 Å². The van der Waals surface area contributed by atoms with Crippen molar-refractivity contribution >= 4 is 39.3 Å². The number of carbonyl (C=O) groups excluding carboxylic acids is 1. The number of hydrogen-bond donors (Lipinski definition) is 4. The first-order chi connectivity index (χ1) is 10.0. The number of carboxylic acid groups (broad SMARTS) is 2. The molecular formula is C11H12ClN2NaO7S. The van der Waals surface area contributed by atoms with Crippen molar-refractivity contribution in [1.29, 1.82) is 0 Å². The summed E-state index contributed by atoms with van der Waals surface area (Å²) in [6.07, 6.45) is -0.790. The molecule has 0 aromatic heterocycles. The van der Waals surface area contributed by atoms with Gasteiger partial charge in [0.05, 0.1) is 15.6 Å². The summed E-state index contributed by atoms with van der Waals surface area (Å²) in [5.41, 5.74) is 5.08. The molecule has 1 aromatic rings. The Morgan fingerprint density at radius 1 is 1.39 bits per heavy atom. The molecule has 0 aliphatic rings. The second-order valence-electron chi connectivity index (χ2n) is 4.31. The predicted octanol–water partition coefficient (Wildman–Crippen LogP) is -3.59. The van der Waals surface area contributed by atoms with Crippen molar-refractivity contribution in [3.8, 4) is 0 Å². The van der Waals surface area contributed by atoms with Crippen molar-refractivity contribution < 1.29 is 62.3 Å². The molecule has 0 aliphatic heterocycles. The predicted molar refractivity (Wildman–Crippen MR) is 73.8 cm³/mol. The Labute approximate surface area is 159 Å². The van der Waals surface area contributed by atoms with E-state index in [2.05, 4.69) is 10.9 Å². The number of aryl methyl sites for hydroxylation is 1. The van der Waals surface area contributed by atoms with Gasteiger partial charge in [-0.15, -0.1) is 0 Å². The van der Waals surface area contributed by atoms with Crippen LogP contribution in [0.3, 0.4) is 0 Å². The van der Waals surface area contributed by atoms with Gasteiger partial charge in [-0.1, -0.05) is 11.6 Å². The van der Waals surface area contributed by atoms with Crippen LogP contribution in [-0.2, 0) is 19.7 Å². The molecule has 1 rings (SSSR count). The zero-order valence-corrected chi connectivity index (χ0v) is 15.7. The van der Waals surface area contributed by atoms with Crippen LogP contribution in [0.15, 0.2) is 17.0 Å². The third-order valence-corrected chi connectivity index (χ3v) is 3.73. The molecule has 0 radical (unpaired) electrons. The minimum Gasteiger partial charge on any atom is -0.550 e. The molecule has 4 N–H and O–H groups in total. The number of hydrogen-bond acceptors (Lipinski definition) is 7. The summed E-state index contributed by atoms with van der Waals surface area (Å²) in [5.74, 6) is -2.99. The van der Waals surface area contributed by atoms with Crippen molar-refractivity contribution in [2.75, 3.05) is 5.43 Å². The van der Waals surface area contributed by atoms with E-state index in [0.717, 1.165) is 12.1 Å². The molecular weight excluding hydrogens is 363 g/mol. The van der Waals surface area contributed by atoms with Crippen molar-refractivity contribution in [2.24, 2.45) is 0 Å². The Bertz CT molecular complexity index is 687. The number of carboxylic acids is 2. The molecule has 1 aromatic carbocycles. The number of hydrazine groups is 1. The van der Waals surface area contributed by atoms with E-state index in [1.165, 1.54) is 6.92 Å². The van der Waals surface area contributed by atoms with Gasteiger partial charge in [0.15, 0.2) is 0 Å². The van der Waals surface area contributed by atoms with Gasteiger partial charge < -0.3 is 20.4 Å². The van der Waals surface area contributed by atoms with Gasteiger partial charge in [0, 0.05) is 12.4 Å². The van der Waals surface area contributed by atoms with Gasteiger partial charge in [-0.25, -0.2) is 5.43 Å². The summed E-state index contributed by atoms with van der Waals surface area (Å²) in [4.78, 5) is 20.9. The van der Waals surface area contributed by atoms with Crippen LogP contribution in [-0.4, -0.2) is 36.1 Å². The number of aliphatic carboxylic acids is 2. The third-order valence-electron chi connectivity index (χ3n) is 2.60. The summed E-state index contributed by atoms with van der Waals surface area (Å²) in [6, 6.07) is 0.587. The molecule has 0 aliphatic carbocycles. The van der Waals surface area contributed by atoms with Crippen LogP contribution in [0.1, 0.15) is 12.0 Å². The van der Waals surface area contributed by atoms with Gasteiger partial charge in [0.1, 0.15) is 6.04 Å². The minimum atomic E-state index is -4.44. The van der Waals surface area contributed by atoms with Crippen molar-refractivity contribution in [3.63, 3.8) is 0 Å². The van der Waals surface area contributed by atoms with E-state index in [9.17, 15) is 23.1 Å². The average Bonchev–Trinajstić information content (AvgIpc) is 2.34. The quantitative estimate of drug-likeness (QED) is 0.215. The topological polar surface area (TPSA) is 156 Å². The van der Waals surface area contributed by atoms with Gasteiger partial charge in [-0.05, 0) is 24.6 Å². The van der Waals surface area contributed by atoms with Crippen LogP contribution in [0.25, 0.3) is 0 Å². The van der Waals surface area contributed by atoms with Crippen LogP contribution in [0.4, 0.5) is 5.69 Å². The van der Waals surface area contributed by atoms with Crippen LogP contribution in [0.5, 0.6) is 0 Å². The van der Waals surface area contributed by atoms with Crippen LogP contribution < -0.4 is 45.5 Å². The van der Waals surface area contributed by atoms with E-state index in [0.29, 0.717) is 0 Å². The molecule has 1 unspecified atom stereocenters. The van der Waals surface area contributed by atoms with E-state index in [4.69, 9.17) is 21.3 Å². The fraction of sp³-hybridized carbons (Fsp3) is 0.273. The summed E-state index contributed by atoms with van der Waals surface area (Å²) in [6.45, 7) is 1.46. The molecule has 0 amide bonds. The SMILES string of the molecule is Cc1cc(S(=O)(=O)O)cc(Cl)c1NNC(CC(=O)[O-])C(=O)O.[Na+]. The Hall–Kier alpha value is -0.880. The summed E-state index contributed by atoms with van der Waals surface area (Å²) in [5, 5.41) is 19.2. The maximum absolute atomic E-state index is 11.0. The second-order valence-corrected chi connectivity index (χ2v) is 6.14. The Morgan fingerprint density at radius 3 is 2.35 bits per heavy atom. The maximum Gasteiger partial charge on any atom is 1.00 e. The van der Waals surface area contributed by atoms with E-state index in [-0.39, 0.29) is 45.8 Å².